The molecule has 3 aromatic carbocycles. The van der Waals surface area contributed by atoms with Crippen LogP contribution in [0.5, 0.6) is 0 Å². The number of carbonyl (C=O) groups is 6. The molecular formula is C56H68F3N9O9S. The molecule has 5 amide bonds. The van der Waals surface area contributed by atoms with Crippen LogP contribution in [0.1, 0.15) is 106 Å². The van der Waals surface area contributed by atoms with Gasteiger partial charge in [-0.1, -0.05) is 51.5 Å². The van der Waals surface area contributed by atoms with Gasteiger partial charge < -0.3 is 40.4 Å². The number of thiazole rings is 1. The largest absolute Gasteiger partial charge is 0.461 e. The number of halogens is 3. The van der Waals surface area contributed by atoms with E-state index in [0.717, 1.165) is 44.6 Å². The SMILES string of the molecule is CC(=O)O[C@@H]1C[C@@H](C(=O)N[C@@H](C)c2ccc(-c3scnc3C)cc2)N(C(=O)[C@@H](NC(=O)CCCCCC(=O)NCCOCCOCCNC(=O)c2ccc3c(c2)c2cn(C)nc2n3-c2ccc(C(F)(F)F)cc2)C(C)(C)C)C1. The van der Waals surface area contributed by atoms with Crippen LogP contribution in [0.15, 0.2) is 78.4 Å². The monoisotopic (exact) mass is 1100 g/mol. The number of esters is 1. The number of aryl methyl sites for hydroxylation is 2. The molecule has 1 saturated heterocycles. The predicted molar refractivity (Wildman–Crippen MR) is 289 cm³/mol. The molecule has 0 unspecified atom stereocenters. The Hall–Kier alpha value is -7.17. The third-order valence-electron chi connectivity index (χ3n) is 13.4. The fourth-order valence-corrected chi connectivity index (χ4v) is 10.2. The van der Waals surface area contributed by atoms with Gasteiger partial charge in [0, 0.05) is 74.5 Å². The van der Waals surface area contributed by atoms with Crippen molar-refractivity contribution in [3.8, 4) is 16.1 Å². The smallest absolute Gasteiger partial charge is 0.416 e. The summed E-state index contributed by atoms with van der Waals surface area (Å²) in [6, 6.07) is 15.5. The minimum atomic E-state index is -4.46. The van der Waals surface area contributed by atoms with Crippen LogP contribution in [0.4, 0.5) is 13.2 Å². The minimum Gasteiger partial charge on any atom is -0.461 e. The van der Waals surface area contributed by atoms with E-state index >= 15 is 0 Å². The summed E-state index contributed by atoms with van der Waals surface area (Å²) in [6.45, 7) is 12.2. The Bertz CT molecular complexity index is 3080. The van der Waals surface area contributed by atoms with Gasteiger partial charge in [-0.3, -0.25) is 38.0 Å². The standard InChI is InChI=1S/C56H68F3N9O9S/c1-34(37-13-15-38(16-14-37)49-35(2)62-33-78-49)63-53(73)46-30-42(77-36(3)69)31-67(46)54(74)50(55(4,5)6)64-48(71)12-10-8-9-11-47(70)60-23-25-75-27-28-76-26-24-61-52(72)39-17-22-45-43(29-39)44-32-66(7)65-51(44)68(45)41-20-18-40(19-21-41)56(57,58)59/h13-22,29,32-34,42,46,50H,8-12,23-28,30-31H2,1-7H3,(H,60,70)(H,61,72)(H,63,73)(H,64,71)/t34-,42+,46-,50+/m0/s1. The fraction of sp³-hybridized carbons (Fsp3) is 0.464. The first kappa shape index (κ1) is 58.5. The molecular weight excluding hydrogens is 1030 g/mol. The Balaban J connectivity index is 0.762. The number of hydrogen-bond acceptors (Lipinski definition) is 12. The van der Waals surface area contributed by atoms with Gasteiger partial charge in [-0.25, -0.2) is 4.98 Å². The van der Waals surface area contributed by atoms with Gasteiger partial charge in [-0.2, -0.15) is 18.3 Å². The fourth-order valence-electron chi connectivity index (χ4n) is 9.41. The van der Waals surface area contributed by atoms with E-state index in [1.807, 2.05) is 58.9 Å². The normalized spacial score (nSPS) is 15.5. The molecule has 3 aromatic heterocycles. The lowest BCUT2D eigenvalue weighted by Crippen LogP contribution is -2.57. The number of likely N-dealkylation sites (tertiary alicyclic amines) is 1. The van der Waals surface area contributed by atoms with Crippen LogP contribution in [-0.2, 0) is 51.4 Å². The summed E-state index contributed by atoms with van der Waals surface area (Å²) in [7, 11) is 1.74. The Morgan fingerprint density at radius 2 is 1.49 bits per heavy atom. The number of amides is 5. The third kappa shape index (κ3) is 15.1. The number of nitrogens with zero attached hydrogens (tertiary/aromatic N) is 5. The molecule has 0 spiro atoms. The molecule has 18 nitrogen and oxygen atoms in total. The number of aromatic nitrogens is 4. The molecule has 4 atom stereocenters. The Kier molecular flexibility index (Phi) is 19.5. The zero-order valence-electron chi connectivity index (χ0n) is 45.0. The summed E-state index contributed by atoms with van der Waals surface area (Å²) in [6.07, 6.45) is -1.23. The van der Waals surface area contributed by atoms with E-state index in [9.17, 15) is 41.9 Å². The average molecular weight is 1100 g/mol. The molecule has 0 radical (unpaired) electrons. The maximum atomic E-state index is 14.3. The zero-order valence-corrected chi connectivity index (χ0v) is 45.8. The third-order valence-corrected chi connectivity index (χ3v) is 14.4. The van der Waals surface area contributed by atoms with Crippen LogP contribution >= 0.6 is 11.3 Å². The Morgan fingerprint density at radius 3 is 2.12 bits per heavy atom. The maximum absolute atomic E-state index is 14.3. The molecule has 0 saturated carbocycles. The number of rotatable bonds is 24. The zero-order chi connectivity index (χ0) is 56.3. The molecule has 7 rings (SSSR count). The van der Waals surface area contributed by atoms with Crippen molar-refractivity contribution < 1.29 is 56.1 Å². The molecule has 78 heavy (non-hydrogen) atoms. The van der Waals surface area contributed by atoms with Crippen LogP contribution in [0.2, 0.25) is 0 Å². The van der Waals surface area contributed by atoms with Crippen molar-refractivity contribution in [2.75, 3.05) is 46.1 Å². The maximum Gasteiger partial charge on any atom is 0.416 e. The van der Waals surface area contributed by atoms with Gasteiger partial charge in [0.25, 0.3) is 5.91 Å². The topological polar surface area (TPSA) is 217 Å². The summed E-state index contributed by atoms with van der Waals surface area (Å²) in [5.74, 6) is -2.18. The number of alkyl halides is 3. The summed E-state index contributed by atoms with van der Waals surface area (Å²) >= 11 is 1.55. The van der Waals surface area contributed by atoms with E-state index in [-0.39, 0.29) is 76.5 Å². The first-order valence-corrected chi connectivity index (χ1v) is 26.9. The summed E-state index contributed by atoms with van der Waals surface area (Å²) in [5.41, 5.74) is 5.28. The molecule has 1 aliphatic heterocycles. The van der Waals surface area contributed by atoms with E-state index < -0.39 is 59.2 Å². The molecule has 4 heterocycles. The van der Waals surface area contributed by atoms with Crippen LogP contribution in [0, 0.1) is 12.3 Å². The van der Waals surface area contributed by atoms with Crippen molar-refractivity contribution in [2.45, 2.75) is 110 Å². The average Bonchev–Trinajstić information content (AvgIpc) is 4.38. The molecule has 4 N–H and O–H groups in total. The van der Waals surface area contributed by atoms with Crippen LogP contribution in [-0.4, -0.2) is 124 Å². The van der Waals surface area contributed by atoms with E-state index in [1.165, 1.54) is 24.0 Å². The lowest BCUT2D eigenvalue weighted by Gasteiger charge is -2.35. The van der Waals surface area contributed by atoms with Gasteiger partial charge in [0.15, 0.2) is 5.65 Å². The summed E-state index contributed by atoms with van der Waals surface area (Å²) in [4.78, 5) is 85.8. The van der Waals surface area contributed by atoms with E-state index in [1.54, 1.807) is 57.5 Å². The lowest BCUT2D eigenvalue weighted by molar-refractivity contribution is -0.147. The number of benzene rings is 3. The molecule has 1 fully saturated rings. The number of ether oxygens (including phenoxy) is 3. The number of nitrogens with one attached hydrogen (secondary N) is 4. The van der Waals surface area contributed by atoms with Gasteiger partial charge in [0.05, 0.1) is 66.2 Å². The van der Waals surface area contributed by atoms with Gasteiger partial charge in [-0.15, -0.1) is 11.3 Å². The minimum absolute atomic E-state index is 0.00167. The second kappa shape index (κ2) is 26.0. The highest BCUT2D eigenvalue weighted by molar-refractivity contribution is 7.13. The van der Waals surface area contributed by atoms with Crippen molar-refractivity contribution in [1.82, 2.24) is 45.5 Å². The quantitative estimate of drug-likeness (QED) is 0.0340. The lowest BCUT2D eigenvalue weighted by atomic mass is 9.85. The van der Waals surface area contributed by atoms with Crippen LogP contribution < -0.4 is 21.3 Å². The highest BCUT2D eigenvalue weighted by atomic mass is 32.1. The van der Waals surface area contributed by atoms with E-state index in [0.29, 0.717) is 48.2 Å². The number of hydrogen-bond donors (Lipinski definition) is 4. The Morgan fingerprint density at radius 1 is 0.821 bits per heavy atom. The van der Waals surface area contributed by atoms with E-state index in [2.05, 4.69) is 31.3 Å². The predicted octanol–water partition coefficient (Wildman–Crippen LogP) is 7.74. The van der Waals surface area contributed by atoms with Gasteiger partial charge in [0.1, 0.15) is 18.2 Å². The second-order valence-electron chi connectivity index (χ2n) is 20.5. The Labute approximate surface area is 454 Å². The van der Waals surface area contributed by atoms with Gasteiger partial charge in [0.2, 0.25) is 23.6 Å². The van der Waals surface area contributed by atoms with Crippen molar-refractivity contribution in [2.24, 2.45) is 12.5 Å². The molecule has 0 aliphatic carbocycles. The summed E-state index contributed by atoms with van der Waals surface area (Å²) in [5, 5.41) is 17.6. The van der Waals surface area contributed by atoms with Gasteiger partial charge in [-0.05, 0) is 85.7 Å². The molecule has 22 heteroatoms. The number of unbranched alkanes of at least 4 members (excludes halogenated alkanes) is 2. The molecule has 1 aliphatic rings. The van der Waals surface area contributed by atoms with Crippen molar-refractivity contribution in [3.05, 3.63) is 101 Å². The van der Waals surface area contributed by atoms with Gasteiger partial charge >= 0.3 is 12.1 Å². The van der Waals surface area contributed by atoms with Crippen molar-refractivity contribution >= 4 is 68.8 Å². The van der Waals surface area contributed by atoms with Crippen LogP contribution in [0.3, 0.4) is 0 Å². The highest BCUT2D eigenvalue weighted by Gasteiger charge is 2.46. The van der Waals surface area contributed by atoms with Crippen LogP contribution in [0.25, 0.3) is 38.1 Å². The molecule has 0 bridgehead atoms. The number of fused-ring (bicyclic) bond motifs is 3. The molecule has 418 valence electrons. The van der Waals surface area contributed by atoms with Crippen molar-refractivity contribution in [1.29, 1.82) is 0 Å². The number of carbonyl (C=O) groups excluding carboxylic acids is 6. The molecule has 6 aromatic rings. The van der Waals surface area contributed by atoms with E-state index in [4.69, 9.17) is 14.2 Å². The first-order chi connectivity index (χ1) is 37.1. The summed E-state index contributed by atoms with van der Waals surface area (Å²) < 4.78 is 59.7. The second-order valence-corrected chi connectivity index (χ2v) is 21.4. The first-order valence-electron chi connectivity index (χ1n) is 26.0. The van der Waals surface area contributed by atoms with Crippen molar-refractivity contribution in [3.63, 3.8) is 0 Å². The highest BCUT2D eigenvalue weighted by Crippen LogP contribution is 2.35.